The van der Waals surface area contributed by atoms with Gasteiger partial charge in [-0.15, -0.1) is 0 Å². The summed E-state index contributed by atoms with van der Waals surface area (Å²) in [6.45, 7) is 5.81. The molecule has 0 aromatic heterocycles. The molecule has 23 heavy (non-hydrogen) atoms. The molecule has 1 heterocycles. The largest absolute Gasteiger partial charge is 0.347 e. The predicted octanol–water partition coefficient (Wildman–Crippen LogP) is 0.852. The molecule has 6 heteroatoms. The van der Waals surface area contributed by atoms with E-state index < -0.39 is 0 Å². The van der Waals surface area contributed by atoms with Crippen LogP contribution < -0.4 is 10.7 Å². The van der Waals surface area contributed by atoms with Crippen LogP contribution in [0.3, 0.4) is 0 Å². The fourth-order valence-corrected chi connectivity index (χ4v) is 2.38. The number of piperazine rings is 1. The molecule has 1 aromatic rings. The Morgan fingerprint density at radius 1 is 1.22 bits per heavy atom. The summed E-state index contributed by atoms with van der Waals surface area (Å²) in [5, 5.41) is 14.1. The van der Waals surface area contributed by atoms with Gasteiger partial charge in [0, 0.05) is 38.4 Å². The van der Waals surface area contributed by atoms with Crippen LogP contribution in [0, 0.1) is 11.3 Å². The van der Waals surface area contributed by atoms with Crippen LogP contribution >= 0.6 is 0 Å². The van der Waals surface area contributed by atoms with Gasteiger partial charge >= 0.3 is 0 Å². The number of hydrogen-bond donors (Lipinski definition) is 2. The number of likely N-dealkylation sites (N-methyl/N-ethyl adjacent to an activating group) is 1. The van der Waals surface area contributed by atoms with Crippen LogP contribution in [0.1, 0.15) is 12.5 Å². The van der Waals surface area contributed by atoms with E-state index >= 15 is 0 Å². The lowest BCUT2D eigenvalue weighted by Gasteiger charge is -2.33. The highest BCUT2D eigenvalue weighted by molar-refractivity contribution is 5.97. The molecule has 2 N–H and O–H groups in total. The summed E-state index contributed by atoms with van der Waals surface area (Å²) in [6.07, 6.45) is 0. The summed E-state index contributed by atoms with van der Waals surface area (Å²) >= 11 is 0. The second-order valence-corrected chi connectivity index (χ2v) is 5.68. The number of benzene rings is 1. The minimum atomic E-state index is -0.351. The quantitative estimate of drug-likeness (QED) is 0.623. The Bertz CT molecular complexity index is 597. The number of hydrogen-bond acceptors (Lipinski definition) is 5. The number of rotatable bonds is 5. The standard InChI is InChI=1S/C17H23N5O/c1-14(20-22-10-8-21(2)9-11-22)16(12-18)17(23)19-13-15-6-4-3-5-7-15/h3-7,20H,8-11,13H2,1-2H3,(H,19,23)/b16-14-. The van der Waals surface area contributed by atoms with E-state index in [1.807, 2.05) is 41.4 Å². The zero-order chi connectivity index (χ0) is 16.7. The van der Waals surface area contributed by atoms with Crippen molar-refractivity contribution in [3.63, 3.8) is 0 Å². The molecule has 1 aromatic carbocycles. The maximum absolute atomic E-state index is 12.2. The van der Waals surface area contributed by atoms with Crippen LogP contribution in [-0.4, -0.2) is 49.0 Å². The molecule has 1 fully saturated rings. The molecular weight excluding hydrogens is 290 g/mol. The lowest BCUT2D eigenvalue weighted by molar-refractivity contribution is -0.117. The summed E-state index contributed by atoms with van der Waals surface area (Å²) < 4.78 is 0. The molecule has 1 aliphatic heterocycles. The molecular formula is C17H23N5O. The number of hydrazine groups is 1. The van der Waals surface area contributed by atoms with Crippen molar-refractivity contribution < 1.29 is 4.79 Å². The SMILES string of the molecule is C/C(NN1CCN(C)CC1)=C(\C#N)C(=O)NCc1ccccc1. The molecule has 1 aliphatic rings. The third kappa shape index (κ3) is 5.09. The fraction of sp³-hybridized carbons (Fsp3) is 0.412. The number of nitrogens with zero attached hydrogens (tertiary/aromatic N) is 3. The zero-order valence-corrected chi connectivity index (χ0v) is 13.7. The second-order valence-electron chi connectivity index (χ2n) is 5.68. The van der Waals surface area contributed by atoms with Gasteiger partial charge in [-0.05, 0) is 19.5 Å². The first-order chi connectivity index (χ1) is 11.1. The van der Waals surface area contributed by atoms with Gasteiger partial charge in [-0.2, -0.15) is 5.26 Å². The van der Waals surface area contributed by atoms with Gasteiger partial charge < -0.3 is 15.6 Å². The number of carbonyl (C=O) groups excluding carboxylic acids is 1. The highest BCUT2D eigenvalue weighted by atomic mass is 16.1. The van der Waals surface area contributed by atoms with Gasteiger partial charge in [-0.25, -0.2) is 5.01 Å². The Morgan fingerprint density at radius 3 is 2.48 bits per heavy atom. The number of amides is 1. The van der Waals surface area contributed by atoms with E-state index in [4.69, 9.17) is 0 Å². The van der Waals surface area contributed by atoms with Gasteiger partial charge in [0.2, 0.25) is 0 Å². The number of nitriles is 1. The number of nitrogens with one attached hydrogen (secondary N) is 2. The van der Waals surface area contributed by atoms with Crippen molar-refractivity contribution in [2.45, 2.75) is 13.5 Å². The summed E-state index contributed by atoms with van der Waals surface area (Å²) in [7, 11) is 2.08. The van der Waals surface area contributed by atoms with E-state index in [0.717, 1.165) is 31.7 Å². The highest BCUT2D eigenvalue weighted by Crippen LogP contribution is 2.05. The van der Waals surface area contributed by atoms with E-state index in [9.17, 15) is 10.1 Å². The van der Waals surface area contributed by atoms with E-state index in [1.165, 1.54) is 0 Å². The van der Waals surface area contributed by atoms with Gasteiger partial charge in [-0.3, -0.25) is 4.79 Å². The van der Waals surface area contributed by atoms with Crippen molar-refractivity contribution >= 4 is 5.91 Å². The Labute approximate surface area is 137 Å². The molecule has 0 radical (unpaired) electrons. The van der Waals surface area contributed by atoms with Crippen LogP contribution in [0.25, 0.3) is 0 Å². The molecule has 0 spiro atoms. The van der Waals surface area contributed by atoms with Gasteiger partial charge in [0.15, 0.2) is 0 Å². The molecule has 0 atom stereocenters. The molecule has 122 valence electrons. The third-order valence-corrected chi connectivity index (χ3v) is 3.84. The highest BCUT2D eigenvalue weighted by Gasteiger charge is 2.17. The van der Waals surface area contributed by atoms with Gasteiger partial charge in [0.25, 0.3) is 5.91 Å². The first-order valence-electron chi connectivity index (χ1n) is 7.73. The molecule has 1 saturated heterocycles. The van der Waals surface area contributed by atoms with Crippen LogP contribution in [0.4, 0.5) is 0 Å². The number of carbonyl (C=O) groups is 1. The number of allylic oxidation sites excluding steroid dienone is 1. The van der Waals surface area contributed by atoms with Crippen molar-refractivity contribution in [1.29, 1.82) is 5.26 Å². The van der Waals surface area contributed by atoms with Crippen LogP contribution in [-0.2, 0) is 11.3 Å². The molecule has 0 aliphatic carbocycles. The van der Waals surface area contributed by atoms with Crippen LogP contribution in [0.2, 0.25) is 0 Å². The Balaban J connectivity index is 1.93. The summed E-state index contributed by atoms with van der Waals surface area (Å²) in [5.74, 6) is -0.351. The molecule has 0 saturated carbocycles. The Kier molecular flexibility index (Phi) is 6.15. The molecule has 0 unspecified atom stereocenters. The Hall–Kier alpha value is -2.36. The van der Waals surface area contributed by atoms with Crippen molar-refractivity contribution in [2.24, 2.45) is 0 Å². The van der Waals surface area contributed by atoms with Crippen LogP contribution in [0.5, 0.6) is 0 Å². The first-order valence-corrected chi connectivity index (χ1v) is 7.73. The lowest BCUT2D eigenvalue weighted by atomic mass is 10.2. The average molecular weight is 313 g/mol. The topological polar surface area (TPSA) is 71.4 Å². The molecule has 2 rings (SSSR count). The molecule has 6 nitrogen and oxygen atoms in total. The fourth-order valence-electron chi connectivity index (χ4n) is 2.38. The van der Waals surface area contributed by atoms with Gasteiger partial charge in [0.05, 0.1) is 0 Å². The van der Waals surface area contributed by atoms with E-state index in [0.29, 0.717) is 12.2 Å². The van der Waals surface area contributed by atoms with E-state index in [2.05, 4.69) is 22.7 Å². The molecule has 0 bridgehead atoms. The maximum atomic E-state index is 12.2. The first kappa shape index (κ1) is 17.0. The van der Waals surface area contributed by atoms with Crippen molar-refractivity contribution in [3.05, 3.63) is 47.2 Å². The minimum Gasteiger partial charge on any atom is -0.347 e. The summed E-state index contributed by atoms with van der Waals surface area (Å²) in [5.41, 5.74) is 4.89. The van der Waals surface area contributed by atoms with Gasteiger partial charge in [0.1, 0.15) is 11.6 Å². The zero-order valence-electron chi connectivity index (χ0n) is 13.7. The third-order valence-electron chi connectivity index (χ3n) is 3.84. The van der Waals surface area contributed by atoms with Gasteiger partial charge in [-0.1, -0.05) is 30.3 Å². The van der Waals surface area contributed by atoms with Crippen molar-refractivity contribution in [2.75, 3.05) is 33.2 Å². The van der Waals surface area contributed by atoms with E-state index in [1.54, 1.807) is 6.92 Å². The smallest absolute Gasteiger partial charge is 0.264 e. The van der Waals surface area contributed by atoms with Crippen molar-refractivity contribution in [3.8, 4) is 6.07 Å². The van der Waals surface area contributed by atoms with E-state index in [-0.39, 0.29) is 11.5 Å². The molecule has 1 amide bonds. The lowest BCUT2D eigenvalue weighted by Crippen LogP contribution is -2.50. The summed E-state index contributed by atoms with van der Waals surface area (Å²) in [6, 6.07) is 11.6. The van der Waals surface area contributed by atoms with Crippen molar-refractivity contribution in [1.82, 2.24) is 20.7 Å². The average Bonchev–Trinajstić information content (AvgIpc) is 2.57. The summed E-state index contributed by atoms with van der Waals surface area (Å²) in [4.78, 5) is 14.5. The predicted molar refractivity (Wildman–Crippen MR) is 88.8 cm³/mol. The normalized spacial score (nSPS) is 17.1. The van der Waals surface area contributed by atoms with Crippen LogP contribution in [0.15, 0.2) is 41.6 Å². The minimum absolute atomic E-state index is 0.125. The maximum Gasteiger partial charge on any atom is 0.264 e. The Morgan fingerprint density at radius 2 is 1.87 bits per heavy atom. The monoisotopic (exact) mass is 313 g/mol. The second kappa shape index (κ2) is 8.32.